The average molecular weight is 533 g/mol. The minimum absolute atomic E-state index is 0.0931. The van der Waals surface area contributed by atoms with Crippen LogP contribution in [0.5, 0.6) is 0 Å². The fraction of sp³-hybridized carbons (Fsp3) is 0.108. The maximum absolute atomic E-state index is 14.7. The molecule has 1 spiro atoms. The number of hydrazone groups is 1. The fourth-order valence-electron chi connectivity index (χ4n) is 6.47. The largest absolute Gasteiger partial charge is 0.298 e. The maximum Gasteiger partial charge on any atom is 0.267 e. The van der Waals surface area contributed by atoms with E-state index in [1.54, 1.807) is 0 Å². The standard InChI is InChI=1S/C37H28N2O2/c40-34-25-32(28-15-6-2-7-16-28)33(23-20-26-12-4-1-5-13-26)37(34)35(30-22-21-27-14-10-11-17-29(27)24-30)38-39(36(37)41)31-18-8-3-9-19-31/h1-24,32-33H,25H2/b23-20+. The highest BCUT2D eigenvalue weighted by Crippen LogP contribution is 2.55. The van der Waals surface area contributed by atoms with Gasteiger partial charge >= 0.3 is 0 Å². The Morgan fingerprint density at radius 1 is 0.707 bits per heavy atom. The number of amides is 1. The van der Waals surface area contributed by atoms with Crippen molar-refractivity contribution >= 4 is 39.9 Å². The number of hydrogen-bond acceptors (Lipinski definition) is 3. The number of hydrogen-bond donors (Lipinski definition) is 0. The van der Waals surface area contributed by atoms with Crippen LogP contribution in [-0.2, 0) is 9.59 Å². The average Bonchev–Trinajstić information content (AvgIpc) is 3.51. The minimum atomic E-state index is -1.45. The molecule has 1 saturated carbocycles. The van der Waals surface area contributed by atoms with Gasteiger partial charge in [-0.2, -0.15) is 10.1 Å². The summed E-state index contributed by atoms with van der Waals surface area (Å²) < 4.78 is 0. The van der Waals surface area contributed by atoms with Gasteiger partial charge in [-0.1, -0.05) is 127 Å². The minimum Gasteiger partial charge on any atom is -0.298 e. The van der Waals surface area contributed by atoms with E-state index in [9.17, 15) is 9.59 Å². The quantitative estimate of drug-likeness (QED) is 0.218. The van der Waals surface area contributed by atoms with Gasteiger partial charge in [-0.05, 0) is 46.0 Å². The smallest absolute Gasteiger partial charge is 0.267 e. The van der Waals surface area contributed by atoms with Gasteiger partial charge in [0.25, 0.3) is 5.91 Å². The van der Waals surface area contributed by atoms with Gasteiger partial charge < -0.3 is 0 Å². The summed E-state index contributed by atoms with van der Waals surface area (Å²) in [7, 11) is 0. The van der Waals surface area contributed by atoms with Crippen molar-refractivity contribution in [3.63, 3.8) is 0 Å². The molecule has 5 aromatic carbocycles. The van der Waals surface area contributed by atoms with Crippen LogP contribution < -0.4 is 5.01 Å². The zero-order valence-corrected chi connectivity index (χ0v) is 22.4. The van der Waals surface area contributed by atoms with Gasteiger partial charge in [-0.15, -0.1) is 0 Å². The maximum atomic E-state index is 14.7. The van der Waals surface area contributed by atoms with E-state index in [2.05, 4.69) is 30.3 Å². The first-order valence-corrected chi connectivity index (χ1v) is 14.0. The van der Waals surface area contributed by atoms with E-state index in [0.29, 0.717) is 11.4 Å². The monoisotopic (exact) mass is 532 g/mol. The van der Waals surface area contributed by atoms with Crippen LogP contribution in [-0.4, -0.2) is 17.4 Å². The number of carbonyl (C=O) groups is 2. The number of allylic oxidation sites excluding steroid dienone is 1. The molecule has 198 valence electrons. The number of rotatable bonds is 5. The first-order valence-electron chi connectivity index (χ1n) is 14.0. The topological polar surface area (TPSA) is 49.7 Å². The van der Waals surface area contributed by atoms with Crippen LogP contribution in [0.25, 0.3) is 16.8 Å². The van der Waals surface area contributed by atoms with Crippen molar-refractivity contribution < 1.29 is 9.59 Å². The number of para-hydroxylation sites is 1. The van der Waals surface area contributed by atoms with Crippen molar-refractivity contribution in [3.05, 3.63) is 156 Å². The Balaban J connectivity index is 1.46. The summed E-state index contributed by atoms with van der Waals surface area (Å²) >= 11 is 0. The predicted octanol–water partition coefficient (Wildman–Crippen LogP) is 7.66. The van der Waals surface area contributed by atoms with Crippen molar-refractivity contribution in [1.29, 1.82) is 0 Å². The van der Waals surface area contributed by atoms with Gasteiger partial charge in [0.05, 0.1) is 11.4 Å². The molecule has 3 unspecified atom stereocenters. The Morgan fingerprint density at radius 2 is 1.34 bits per heavy atom. The Bertz CT molecular complexity index is 1810. The molecule has 5 aromatic rings. The van der Waals surface area contributed by atoms with Gasteiger partial charge in [0.15, 0.2) is 11.2 Å². The van der Waals surface area contributed by atoms with Crippen LogP contribution in [0.15, 0.2) is 145 Å². The molecule has 41 heavy (non-hydrogen) atoms. The van der Waals surface area contributed by atoms with Gasteiger partial charge in [-0.25, -0.2) is 0 Å². The molecule has 7 rings (SSSR count). The molecule has 0 saturated heterocycles. The van der Waals surface area contributed by atoms with E-state index < -0.39 is 11.3 Å². The molecule has 0 radical (unpaired) electrons. The van der Waals surface area contributed by atoms with Crippen LogP contribution in [0.4, 0.5) is 5.69 Å². The molecule has 0 aromatic heterocycles. The van der Waals surface area contributed by atoms with E-state index >= 15 is 0 Å². The van der Waals surface area contributed by atoms with Crippen LogP contribution in [0.2, 0.25) is 0 Å². The van der Waals surface area contributed by atoms with Crippen molar-refractivity contribution in [2.45, 2.75) is 12.3 Å². The molecule has 4 nitrogen and oxygen atoms in total. The Morgan fingerprint density at radius 3 is 2.07 bits per heavy atom. The highest BCUT2D eigenvalue weighted by Gasteiger charge is 2.66. The van der Waals surface area contributed by atoms with Gasteiger partial charge in [0, 0.05) is 17.9 Å². The normalized spacial score (nSPS) is 22.2. The highest BCUT2D eigenvalue weighted by molar-refractivity contribution is 6.37. The molecule has 1 heterocycles. The van der Waals surface area contributed by atoms with Crippen LogP contribution in [0, 0.1) is 11.3 Å². The molecular formula is C37H28N2O2. The number of anilines is 1. The summed E-state index contributed by atoms with van der Waals surface area (Å²) in [6, 6.07) is 43.7. The SMILES string of the molecule is O=C1CC(c2ccccc2)C(/C=C/c2ccccc2)C12C(=O)N(c1ccccc1)N=C2c1ccc2ccccc2c1. The Hall–Kier alpha value is -5.09. The number of benzene rings is 5. The van der Waals surface area contributed by atoms with Crippen molar-refractivity contribution in [1.82, 2.24) is 0 Å². The lowest BCUT2D eigenvalue weighted by Crippen LogP contribution is -2.48. The second-order valence-electron chi connectivity index (χ2n) is 10.7. The second kappa shape index (κ2) is 10.1. The molecule has 3 atom stereocenters. The molecule has 1 fully saturated rings. The Kier molecular flexibility index (Phi) is 6.16. The molecular weight excluding hydrogens is 504 g/mol. The predicted molar refractivity (Wildman–Crippen MR) is 165 cm³/mol. The third-order valence-electron chi connectivity index (χ3n) is 8.43. The first-order chi connectivity index (χ1) is 20.2. The van der Waals surface area contributed by atoms with E-state index in [1.165, 1.54) is 5.01 Å². The third-order valence-corrected chi connectivity index (χ3v) is 8.43. The lowest BCUT2D eigenvalue weighted by Gasteiger charge is -2.30. The zero-order chi connectivity index (χ0) is 27.8. The summed E-state index contributed by atoms with van der Waals surface area (Å²) in [5.41, 5.74) is 2.56. The lowest BCUT2D eigenvalue weighted by molar-refractivity contribution is -0.134. The number of ketones is 1. The summed E-state index contributed by atoms with van der Waals surface area (Å²) in [5.74, 6) is -0.986. The van der Waals surface area contributed by atoms with Crippen LogP contribution in [0.3, 0.4) is 0 Å². The van der Waals surface area contributed by atoms with E-state index in [-0.39, 0.29) is 24.0 Å². The summed E-state index contributed by atoms with van der Waals surface area (Å²) in [5, 5.41) is 8.55. The van der Waals surface area contributed by atoms with Crippen molar-refractivity contribution in [2.24, 2.45) is 16.4 Å². The lowest BCUT2D eigenvalue weighted by atomic mass is 9.68. The first kappa shape index (κ1) is 24.9. The van der Waals surface area contributed by atoms with E-state index in [0.717, 1.165) is 27.5 Å². The molecule has 2 aliphatic rings. The number of carbonyl (C=O) groups excluding carboxylic acids is 2. The van der Waals surface area contributed by atoms with Crippen LogP contribution >= 0.6 is 0 Å². The van der Waals surface area contributed by atoms with Crippen LogP contribution in [0.1, 0.15) is 29.0 Å². The van der Waals surface area contributed by atoms with E-state index in [1.807, 2.05) is 115 Å². The molecule has 1 aliphatic heterocycles. The molecule has 0 N–H and O–H groups in total. The second-order valence-corrected chi connectivity index (χ2v) is 10.7. The molecule has 1 amide bonds. The summed E-state index contributed by atoms with van der Waals surface area (Å²) in [6.07, 6.45) is 4.37. The van der Waals surface area contributed by atoms with Crippen molar-refractivity contribution in [3.8, 4) is 0 Å². The summed E-state index contributed by atoms with van der Waals surface area (Å²) in [6.45, 7) is 0. The summed E-state index contributed by atoms with van der Waals surface area (Å²) in [4.78, 5) is 29.2. The molecule has 0 bridgehead atoms. The molecule has 4 heteroatoms. The van der Waals surface area contributed by atoms with Gasteiger partial charge in [0.2, 0.25) is 0 Å². The highest BCUT2D eigenvalue weighted by atomic mass is 16.2. The Labute approximate surface area is 239 Å². The number of fused-ring (bicyclic) bond motifs is 1. The van der Waals surface area contributed by atoms with Crippen molar-refractivity contribution in [2.75, 3.05) is 5.01 Å². The fourth-order valence-corrected chi connectivity index (χ4v) is 6.47. The van der Waals surface area contributed by atoms with E-state index in [4.69, 9.17) is 5.10 Å². The zero-order valence-electron chi connectivity index (χ0n) is 22.4. The number of nitrogens with zero attached hydrogens (tertiary/aromatic N) is 2. The molecule has 1 aliphatic carbocycles. The van der Waals surface area contributed by atoms with Gasteiger partial charge in [0.1, 0.15) is 0 Å². The third kappa shape index (κ3) is 4.11. The van der Waals surface area contributed by atoms with Gasteiger partial charge in [-0.3, -0.25) is 9.59 Å². The number of Topliss-reactive ketones (excluding diaryl/α,β-unsaturated/α-hetero) is 1.